The number of halogens is 4. The largest absolute Gasteiger partial charge is 0.331 e. The van der Waals surface area contributed by atoms with E-state index in [1.807, 2.05) is 0 Å². The molecule has 2 amide bonds. The predicted molar refractivity (Wildman–Crippen MR) is 75.2 cm³/mol. The molecule has 5 nitrogen and oxygen atoms in total. The molecule has 0 aliphatic rings. The number of benzene rings is 1. The van der Waals surface area contributed by atoms with Crippen molar-refractivity contribution in [3.8, 4) is 0 Å². The Morgan fingerprint density at radius 3 is 2.70 bits per heavy atom. The maximum atomic E-state index is 13.2. The SMILES string of the molecule is C[C@@H](NC(=O)Nc1cnn(CC(F)F)c1)c1ccc(F)c(F)c1. The summed E-state index contributed by atoms with van der Waals surface area (Å²) in [7, 11) is 0. The molecule has 0 bridgehead atoms. The van der Waals surface area contributed by atoms with Crippen LogP contribution < -0.4 is 10.6 Å². The van der Waals surface area contributed by atoms with Crippen LogP contribution in [0.25, 0.3) is 0 Å². The zero-order chi connectivity index (χ0) is 17.0. The first-order valence-electron chi connectivity index (χ1n) is 6.68. The van der Waals surface area contributed by atoms with Gasteiger partial charge in [-0.3, -0.25) is 4.68 Å². The van der Waals surface area contributed by atoms with Crippen molar-refractivity contribution in [3.05, 3.63) is 47.8 Å². The maximum Gasteiger partial charge on any atom is 0.319 e. The van der Waals surface area contributed by atoms with Gasteiger partial charge in [-0.05, 0) is 24.6 Å². The van der Waals surface area contributed by atoms with E-state index in [0.29, 0.717) is 5.56 Å². The molecule has 0 fully saturated rings. The number of urea groups is 1. The number of anilines is 1. The standard InChI is InChI=1S/C14H14F4N4O/c1-8(9-2-3-11(15)12(16)4-9)20-14(23)21-10-5-19-22(6-10)7-13(17)18/h2-6,8,13H,7H2,1H3,(H2,20,21,23)/t8-/m1/s1. The number of alkyl halides is 2. The number of nitrogens with one attached hydrogen (secondary N) is 2. The van der Waals surface area contributed by atoms with Gasteiger partial charge >= 0.3 is 6.03 Å². The first-order valence-corrected chi connectivity index (χ1v) is 6.68. The van der Waals surface area contributed by atoms with E-state index >= 15 is 0 Å². The summed E-state index contributed by atoms with van der Waals surface area (Å²) in [6.45, 7) is 1.01. The molecule has 23 heavy (non-hydrogen) atoms. The summed E-state index contributed by atoms with van der Waals surface area (Å²) in [6.07, 6.45) is -0.0667. The van der Waals surface area contributed by atoms with Crippen molar-refractivity contribution < 1.29 is 22.4 Å². The van der Waals surface area contributed by atoms with Gasteiger partial charge in [0.05, 0.1) is 17.9 Å². The molecule has 1 atom stereocenters. The van der Waals surface area contributed by atoms with E-state index in [4.69, 9.17) is 0 Å². The lowest BCUT2D eigenvalue weighted by Crippen LogP contribution is -2.31. The number of hydrogen-bond donors (Lipinski definition) is 2. The molecule has 2 aromatic rings. The van der Waals surface area contributed by atoms with E-state index in [1.165, 1.54) is 18.5 Å². The first kappa shape index (κ1) is 16.8. The second-order valence-corrected chi connectivity index (χ2v) is 4.84. The number of carbonyl (C=O) groups excluding carboxylic acids is 1. The van der Waals surface area contributed by atoms with E-state index in [1.54, 1.807) is 6.92 Å². The summed E-state index contributed by atoms with van der Waals surface area (Å²) in [5.74, 6) is -1.98. The van der Waals surface area contributed by atoms with Crippen molar-refractivity contribution in [3.63, 3.8) is 0 Å². The summed E-state index contributed by atoms with van der Waals surface area (Å²) >= 11 is 0. The molecule has 0 unspecified atom stereocenters. The lowest BCUT2D eigenvalue weighted by atomic mass is 10.1. The molecule has 0 saturated heterocycles. The Labute approximate surface area is 129 Å². The molecule has 1 heterocycles. The minimum Gasteiger partial charge on any atom is -0.331 e. The van der Waals surface area contributed by atoms with Crippen LogP contribution in [0, 0.1) is 11.6 Å². The Balaban J connectivity index is 1.93. The first-order chi connectivity index (χ1) is 10.8. The fraction of sp³-hybridized carbons (Fsp3) is 0.286. The Bertz CT molecular complexity index is 689. The van der Waals surface area contributed by atoms with Crippen LogP contribution >= 0.6 is 0 Å². The molecule has 0 spiro atoms. The molecule has 1 aromatic heterocycles. The number of amides is 2. The Morgan fingerprint density at radius 2 is 2.04 bits per heavy atom. The second-order valence-electron chi connectivity index (χ2n) is 4.84. The van der Waals surface area contributed by atoms with E-state index in [2.05, 4.69) is 15.7 Å². The highest BCUT2D eigenvalue weighted by Crippen LogP contribution is 2.16. The van der Waals surface area contributed by atoms with E-state index < -0.39 is 36.7 Å². The average Bonchev–Trinajstić information content (AvgIpc) is 2.87. The summed E-state index contributed by atoms with van der Waals surface area (Å²) in [5.41, 5.74) is 0.619. The fourth-order valence-electron chi connectivity index (χ4n) is 1.90. The zero-order valence-corrected chi connectivity index (χ0v) is 12.1. The molecule has 2 N–H and O–H groups in total. The predicted octanol–water partition coefficient (Wildman–Crippen LogP) is 3.31. The van der Waals surface area contributed by atoms with Crippen LogP contribution in [0.2, 0.25) is 0 Å². The van der Waals surface area contributed by atoms with Crippen LogP contribution in [0.4, 0.5) is 28.0 Å². The lowest BCUT2D eigenvalue weighted by molar-refractivity contribution is 0.122. The van der Waals surface area contributed by atoms with Crippen LogP contribution in [0.15, 0.2) is 30.6 Å². The molecular weight excluding hydrogens is 316 g/mol. The number of rotatable bonds is 5. The van der Waals surface area contributed by atoms with Gasteiger partial charge in [-0.25, -0.2) is 22.4 Å². The van der Waals surface area contributed by atoms with Gasteiger partial charge in [0.15, 0.2) is 11.6 Å². The Hall–Kier alpha value is -2.58. The molecule has 0 saturated carbocycles. The van der Waals surface area contributed by atoms with Crippen molar-refractivity contribution in [2.45, 2.75) is 25.9 Å². The topological polar surface area (TPSA) is 59.0 Å². The van der Waals surface area contributed by atoms with Crippen molar-refractivity contribution >= 4 is 11.7 Å². The van der Waals surface area contributed by atoms with Crippen LogP contribution in [-0.4, -0.2) is 22.2 Å². The highest BCUT2D eigenvalue weighted by Gasteiger charge is 2.13. The summed E-state index contributed by atoms with van der Waals surface area (Å²) in [5, 5.41) is 8.60. The van der Waals surface area contributed by atoms with Crippen molar-refractivity contribution in [1.82, 2.24) is 15.1 Å². The lowest BCUT2D eigenvalue weighted by Gasteiger charge is -2.14. The molecule has 0 aliphatic heterocycles. The molecule has 2 rings (SSSR count). The summed E-state index contributed by atoms with van der Waals surface area (Å²) in [6, 6.07) is 2.10. The Morgan fingerprint density at radius 1 is 1.30 bits per heavy atom. The number of carbonyl (C=O) groups is 1. The third-order valence-corrected chi connectivity index (χ3v) is 3.01. The van der Waals surface area contributed by atoms with Gasteiger partial charge in [0.1, 0.15) is 6.54 Å². The van der Waals surface area contributed by atoms with Crippen molar-refractivity contribution in [2.24, 2.45) is 0 Å². The molecule has 9 heteroatoms. The van der Waals surface area contributed by atoms with Crippen LogP contribution in [0.1, 0.15) is 18.5 Å². The third-order valence-electron chi connectivity index (χ3n) is 3.01. The zero-order valence-electron chi connectivity index (χ0n) is 12.1. The smallest absolute Gasteiger partial charge is 0.319 e. The molecule has 124 valence electrons. The van der Waals surface area contributed by atoms with Gasteiger partial charge in [0, 0.05) is 6.20 Å². The van der Waals surface area contributed by atoms with Crippen LogP contribution in [-0.2, 0) is 6.54 Å². The third kappa shape index (κ3) is 4.70. The monoisotopic (exact) mass is 330 g/mol. The van der Waals surface area contributed by atoms with Gasteiger partial charge in [0.25, 0.3) is 6.43 Å². The van der Waals surface area contributed by atoms with Gasteiger partial charge in [0.2, 0.25) is 0 Å². The number of nitrogens with zero attached hydrogens (tertiary/aromatic N) is 2. The number of hydrogen-bond acceptors (Lipinski definition) is 2. The number of aromatic nitrogens is 2. The second kappa shape index (κ2) is 7.12. The summed E-state index contributed by atoms with van der Waals surface area (Å²) < 4.78 is 51.4. The highest BCUT2D eigenvalue weighted by atomic mass is 19.3. The van der Waals surface area contributed by atoms with Crippen molar-refractivity contribution in [2.75, 3.05) is 5.32 Å². The van der Waals surface area contributed by atoms with E-state index in [-0.39, 0.29) is 5.69 Å². The molecule has 0 radical (unpaired) electrons. The maximum absolute atomic E-state index is 13.2. The minimum absolute atomic E-state index is 0.237. The Kier molecular flexibility index (Phi) is 5.20. The normalized spacial score (nSPS) is 12.3. The van der Waals surface area contributed by atoms with E-state index in [0.717, 1.165) is 16.8 Å². The van der Waals surface area contributed by atoms with Gasteiger partial charge in [-0.1, -0.05) is 6.07 Å². The molecule has 0 aliphatic carbocycles. The molecular formula is C14H14F4N4O. The minimum atomic E-state index is -2.55. The van der Waals surface area contributed by atoms with Gasteiger partial charge < -0.3 is 10.6 Å². The van der Waals surface area contributed by atoms with Crippen LogP contribution in [0.3, 0.4) is 0 Å². The fourth-order valence-corrected chi connectivity index (χ4v) is 1.90. The molecule has 1 aromatic carbocycles. The van der Waals surface area contributed by atoms with E-state index in [9.17, 15) is 22.4 Å². The highest BCUT2D eigenvalue weighted by molar-refractivity contribution is 5.89. The average molecular weight is 330 g/mol. The van der Waals surface area contributed by atoms with Gasteiger partial charge in [-0.2, -0.15) is 5.10 Å². The van der Waals surface area contributed by atoms with Crippen LogP contribution in [0.5, 0.6) is 0 Å². The van der Waals surface area contributed by atoms with Gasteiger partial charge in [-0.15, -0.1) is 0 Å². The summed E-state index contributed by atoms with van der Waals surface area (Å²) in [4.78, 5) is 11.8. The van der Waals surface area contributed by atoms with Crippen molar-refractivity contribution in [1.29, 1.82) is 0 Å². The quantitative estimate of drug-likeness (QED) is 0.827.